The van der Waals surface area contributed by atoms with Crippen LogP contribution in [-0.2, 0) is 13.1 Å². The molecule has 23 heavy (non-hydrogen) atoms. The van der Waals surface area contributed by atoms with Crippen molar-refractivity contribution in [2.24, 2.45) is 0 Å². The predicted molar refractivity (Wildman–Crippen MR) is 90.3 cm³/mol. The van der Waals surface area contributed by atoms with Gasteiger partial charge in [-0.05, 0) is 41.5 Å². The van der Waals surface area contributed by atoms with E-state index in [4.69, 9.17) is 4.42 Å². The highest BCUT2D eigenvalue weighted by atomic mass is 16.3. The van der Waals surface area contributed by atoms with Crippen molar-refractivity contribution in [3.63, 3.8) is 0 Å². The first kappa shape index (κ1) is 15.2. The number of rotatable bonds is 7. The molecule has 4 nitrogen and oxygen atoms in total. The molecule has 3 heterocycles. The average molecular weight is 305 g/mol. The number of aromatic nitrogens is 2. The Labute approximate surface area is 136 Å². The maximum absolute atomic E-state index is 5.33. The molecule has 0 fully saturated rings. The second kappa shape index (κ2) is 8.06. The van der Waals surface area contributed by atoms with Crippen LogP contribution < -0.4 is 0 Å². The molecule has 4 heteroatoms. The Balaban J connectivity index is 1.67. The van der Waals surface area contributed by atoms with Gasteiger partial charge in [-0.3, -0.25) is 14.9 Å². The van der Waals surface area contributed by atoms with Crippen LogP contribution in [0.3, 0.4) is 0 Å². The second-order valence-corrected chi connectivity index (χ2v) is 5.31. The topological polar surface area (TPSA) is 42.2 Å². The minimum atomic E-state index is 0.824. The Morgan fingerprint density at radius 2 is 1.61 bits per heavy atom. The van der Waals surface area contributed by atoms with E-state index in [9.17, 15) is 0 Å². The standard InChI is InChI=1S/C19H19N3O/c1-5-17(13-20-9-1)15-22(16-18-6-2-10-21-14-18)11-3-7-19-8-4-12-23-19/h1-10,12-14H,11,15-16H2/b7-3+. The zero-order chi connectivity index (χ0) is 15.7. The summed E-state index contributed by atoms with van der Waals surface area (Å²) in [5.74, 6) is 0.868. The van der Waals surface area contributed by atoms with E-state index in [1.165, 1.54) is 11.1 Å². The van der Waals surface area contributed by atoms with E-state index in [-0.39, 0.29) is 0 Å². The van der Waals surface area contributed by atoms with Crippen molar-refractivity contribution >= 4 is 6.08 Å². The van der Waals surface area contributed by atoms with Crippen LogP contribution in [0.2, 0.25) is 0 Å². The zero-order valence-electron chi connectivity index (χ0n) is 12.9. The van der Waals surface area contributed by atoms with Gasteiger partial charge in [-0.1, -0.05) is 18.2 Å². The van der Waals surface area contributed by atoms with Crippen molar-refractivity contribution < 1.29 is 4.42 Å². The van der Waals surface area contributed by atoms with Gasteiger partial charge in [0.1, 0.15) is 5.76 Å². The van der Waals surface area contributed by atoms with Gasteiger partial charge in [-0.2, -0.15) is 0 Å². The van der Waals surface area contributed by atoms with Crippen molar-refractivity contribution in [3.05, 3.63) is 90.4 Å². The lowest BCUT2D eigenvalue weighted by molar-refractivity contribution is 0.285. The molecule has 116 valence electrons. The van der Waals surface area contributed by atoms with Gasteiger partial charge in [-0.15, -0.1) is 0 Å². The van der Waals surface area contributed by atoms with E-state index in [0.717, 1.165) is 25.4 Å². The lowest BCUT2D eigenvalue weighted by atomic mass is 10.2. The molecule has 0 aliphatic carbocycles. The lowest BCUT2D eigenvalue weighted by Gasteiger charge is -2.20. The monoisotopic (exact) mass is 305 g/mol. The molecule has 0 radical (unpaired) electrons. The molecule has 0 aliphatic heterocycles. The zero-order valence-corrected chi connectivity index (χ0v) is 12.9. The summed E-state index contributed by atoms with van der Waals surface area (Å²) in [6.45, 7) is 2.50. The van der Waals surface area contributed by atoms with Gasteiger partial charge in [-0.25, -0.2) is 0 Å². The molecule has 0 N–H and O–H groups in total. The van der Waals surface area contributed by atoms with Gasteiger partial charge in [0.25, 0.3) is 0 Å². The molecular formula is C19H19N3O. The van der Waals surface area contributed by atoms with Crippen molar-refractivity contribution in [1.82, 2.24) is 14.9 Å². The third-order valence-electron chi connectivity index (χ3n) is 3.45. The van der Waals surface area contributed by atoms with E-state index in [2.05, 4.69) is 33.1 Å². The summed E-state index contributed by atoms with van der Waals surface area (Å²) in [4.78, 5) is 10.7. The predicted octanol–water partition coefficient (Wildman–Crippen LogP) is 3.79. The largest absolute Gasteiger partial charge is 0.465 e. The van der Waals surface area contributed by atoms with Crippen LogP contribution in [-0.4, -0.2) is 21.4 Å². The van der Waals surface area contributed by atoms with Gasteiger partial charge in [0.15, 0.2) is 0 Å². The Morgan fingerprint density at radius 1 is 0.913 bits per heavy atom. The highest BCUT2D eigenvalue weighted by molar-refractivity contribution is 5.42. The van der Waals surface area contributed by atoms with Crippen LogP contribution in [0.1, 0.15) is 16.9 Å². The molecule has 0 saturated carbocycles. The number of hydrogen-bond donors (Lipinski definition) is 0. The first-order chi connectivity index (χ1) is 11.4. The van der Waals surface area contributed by atoms with E-state index >= 15 is 0 Å². The van der Waals surface area contributed by atoms with Crippen molar-refractivity contribution in [2.75, 3.05) is 6.54 Å². The number of furan rings is 1. The highest BCUT2D eigenvalue weighted by Gasteiger charge is 2.06. The number of pyridine rings is 2. The van der Waals surface area contributed by atoms with Crippen LogP contribution in [0, 0.1) is 0 Å². The quantitative estimate of drug-likeness (QED) is 0.666. The minimum absolute atomic E-state index is 0.824. The highest BCUT2D eigenvalue weighted by Crippen LogP contribution is 2.10. The molecule has 3 aromatic heterocycles. The third-order valence-corrected chi connectivity index (χ3v) is 3.45. The van der Waals surface area contributed by atoms with Crippen LogP contribution in [0.25, 0.3) is 6.08 Å². The normalized spacial score (nSPS) is 11.3. The van der Waals surface area contributed by atoms with Gasteiger partial charge < -0.3 is 4.42 Å². The van der Waals surface area contributed by atoms with Crippen LogP contribution in [0.15, 0.2) is 77.9 Å². The molecular weight excluding hydrogens is 286 g/mol. The SMILES string of the molecule is C(=C\c1ccco1)/CN(Cc1cccnc1)Cc1cccnc1. The molecule has 0 atom stereocenters. The summed E-state index contributed by atoms with van der Waals surface area (Å²) in [6.07, 6.45) is 13.2. The van der Waals surface area contributed by atoms with E-state index in [0.29, 0.717) is 0 Å². The van der Waals surface area contributed by atoms with E-state index in [1.54, 1.807) is 18.7 Å². The first-order valence-electron chi connectivity index (χ1n) is 7.60. The first-order valence-corrected chi connectivity index (χ1v) is 7.60. The molecule has 0 bridgehead atoms. The van der Waals surface area contributed by atoms with Gasteiger partial charge in [0.05, 0.1) is 6.26 Å². The fraction of sp³-hybridized carbons (Fsp3) is 0.158. The Morgan fingerprint density at radius 3 is 2.13 bits per heavy atom. The summed E-state index contributed by atoms with van der Waals surface area (Å²) >= 11 is 0. The average Bonchev–Trinajstić information content (AvgIpc) is 3.10. The Bertz CT molecular complexity index is 667. The minimum Gasteiger partial charge on any atom is -0.465 e. The van der Waals surface area contributed by atoms with Crippen LogP contribution >= 0.6 is 0 Å². The van der Waals surface area contributed by atoms with E-state index in [1.807, 2.05) is 42.7 Å². The molecule has 3 rings (SSSR count). The van der Waals surface area contributed by atoms with Gasteiger partial charge >= 0.3 is 0 Å². The summed E-state index contributed by atoms with van der Waals surface area (Å²) in [7, 11) is 0. The fourth-order valence-electron chi connectivity index (χ4n) is 2.39. The molecule has 0 amide bonds. The smallest absolute Gasteiger partial charge is 0.126 e. The number of hydrogen-bond acceptors (Lipinski definition) is 4. The maximum Gasteiger partial charge on any atom is 0.126 e. The molecule has 0 aromatic carbocycles. The second-order valence-electron chi connectivity index (χ2n) is 5.31. The maximum atomic E-state index is 5.33. The molecule has 3 aromatic rings. The van der Waals surface area contributed by atoms with E-state index < -0.39 is 0 Å². The van der Waals surface area contributed by atoms with Crippen molar-refractivity contribution in [1.29, 1.82) is 0 Å². The van der Waals surface area contributed by atoms with Crippen LogP contribution in [0.4, 0.5) is 0 Å². The Kier molecular flexibility index (Phi) is 5.32. The number of nitrogens with zero attached hydrogens (tertiary/aromatic N) is 3. The van der Waals surface area contributed by atoms with Gasteiger partial charge in [0.2, 0.25) is 0 Å². The summed E-state index contributed by atoms with van der Waals surface area (Å²) in [5, 5.41) is 0. The fourth-order valence-corrected chi connectivity index (χ4v) is 2.39. The summed E-state index contributed by atoms with van der Waals surface area (Å²) in [5.41, 5.74) is 2.39. The molecule has 0 saturated heterocycles. The lowest BCUT2D eigenvalue weighted by Crippen LogP contribution is -2.23. The van der Waals surface area contributed by atoms with Crippen LogP contribution in [0.5, 0.6) is 0 Å². The third kappa shape index (κ3) is 4.90. The summed E-state index contributed by atoms with van der Waals surface area (Å²) < 4.78 is 5.33. The molecule has 0 unspecified atom stereocenters. The molecule has 0 aliphatic rings. The van der Waals surface area contributed by atoms with Crippen molar-refractivity contribution in [3.8, 4) is 0 Å². The van der Waals surface area contributed by atoms with Gasteiger partial charge in [0, 0.05) is 44.4 Å². The van der Waals surface area contributed by atoms with Crippen molar-refractivity contribution in [2.45, 2.75) is 13.1 Å². The Hall–Kier alpha value is -2.72. The summed E-state index contributed by atoms with van der Waals surface area (Å²) in [6, 6.07) is 12.0. The molecule has 0 spiro atoms.